The Bertz CT molecular complexity index is 267. The summed E-state index contributed by atoms with van der Waals surface area (Å²) in [6, 6.07) is 0. The highest BCUT2D eigenvalue weighted by atomic mass is 16.5. The summed E-state index contributed by atoms with van der Waals surface area (Å²) in [7, 11) is 0. The molecule has 2 unspecified atom stereocenters. The predicted molar refractivity (Wildman–Crippen MR) is 96.2 cm³/mol. The van der Waals surface area contributed by atoms with Crippen molar-refractivity contribution in [1.82, 2.24) is 0 Å². The Morgan fingerprint density at radius 3 is 2.27 bits per heavy atom. The van der Waals surface area contributed by atoms with Crippen LogP contribution in [-0.4, -0.2) is 12.7 Å². The van der Waals surface area contributed by atoms with Crippen LogP contribution in [0.1, 0.15) is 104 Å². The molecule has 0 spiro atoms. The average Bonchev–Trinajstić information content (AvgIpc) is 2.58. The second-order valence-electron chi connectivity index (χ2n) is 8.05. The minimum atomic E-state index is 0.591. The van der Waals surface area contributed by atoms with E-state index in [9.17, 15) is 0 Å². The third kappa shape index (κ3) is 6.22. The van der Waals surface area contributed by atoms with Gasteiger partial charge in [-0.15, -0.1) is 0 Å². The van der Waals surface area contributed by atoms with Crippen LogP contribution in [0, 0.1) is 17.8 Å². The molecule has 22 heavy (non-hydrogen) atoms. The van der Waals surface area contributed by atoms with Crippen molar-refractivity contribution in [2.24, 2.45) is 17.8 Å². The molecule has 0 aliphatic heterocycles. The largest absolute Gasteiger partial charge is 0.378 e. The number of unbranched alkanes of at least 4 members (excludes halogenated alkanes) is 3. The molecule has 0 amide bonds. The van der Waals surface area contributed by atoms with E-state index >= 15 is 0 Å². The van der Waals surface area contributed by atoms with Crippen molar-refractivity contribution in [3.63, 3.8) is 0 Å². The smallest absolute Gasteiger partial charge is 0.0577 e. The van der Waals surface area contributed by atoms with Gasteiger partial charge in [0, 0.05) is 6.61 Å². The Morgan fingerprint density at radius 2 is 1.55 bits per heavy atom. The summed E-state index contributed by atoms with van der Waals surface area (Å²) >= 11 is 0. The molecule has 0 aromatic carbocycles. The molecule has 0 aromatic rings. The molecule has 2 rings (SSSR count). The molecule has 2 aliphatic rings. The quantitative estimate of drug-likeness (QED) is 0.428. The van der Waals surface area contributed by atoms with Gasteiger partial charge in [0.2, 0.25) is 0 Å². The summed E-state index contributed by atoms with van der Waals surface area (Å²) < 4.78 is 6.18. The minimum Gasteiger partial charge on any atom is -0.378 e. The van der Waals surface area contributed by atoms with E-state index in [-0.39, 0.29) is 0 Å². The second kappa shape index (κ2) is 10.7. The van der Waals surface area contributed by atoms with Crippen LogP contribution in [0.25, 0.3) is 0 Å². The summed E-state index contributed by atoms with van der Waals surface area (Å²) in [6.07, 6.45) is 20.5. The maximum absolute atomic E-state index is 6.18. The van der Waals surface area contributed by atoms with Crippen LogP contribution in [0.4, 0.5) is 0 Å². The van der Waals surface area contributed by atoms with Crippen molar-refractivity contribution in [2.45, 2.75) is 110 Å². The highest BCUT2D eigenvalue weighted by Gasteiger charge is 2.31. The van der Waals surface area contributed by atoms with E-state index in [2.05, 4.69) is 13.8 Å². The van der Waals surface area contributed by atoms with E-state index in [0.717, 1.165) is 24.4 Å². The number of hydrogen-bond acceptors (Lipinski definition) is 1. The zero-order chi connectivity index (χ0) is 15.6. The fourth-order valence-corrected chi connectivity index (χ4v) is 4.80. The molecule has 2 fully saturated rings. The van der Waals surface area contributed by atoms with E-state index in [1.54, 1.807) is 0 Å². The van der Waals surface area contributed by atoms with E-state index in [1.807, 2.05) is 0 Å². The average molecular weight is 309 g/mol. The van der Waals surface area contributed by atoms with Crippen LogP contribution in [0.15, 0.2) is 0 Å². The lowest BCUT2D eigenvalue weighted by Crippen LogP contribution is -2.30. The maximum atomic E-state index is 6.18. The van der Waals surface area contributed by atoms with E-state index in [4.69, 9.17) is 4.74 Å². The van der Waals surface area contributed by atoms with Crippen LogP contribution in [0.5, 0.6) is 0 Å². The lowest BCUT2D eigenvalue weighted by Gasteiger charge is -2.38. The first kappa shape index (κ1) is 18.3. The van der Waals surface area contributed by atoms with Crippen LogP contribution >= 0.6 is 0 Å². The van der Waals surface area contributed by atoms with Crippen molar-refractivity contribution in [2.75, 3.05) is 6.61 Å². The summed E-state index contributed by atoms with van der Waals surface area (Å²) in [5, 5.41) is 0. The van der Waals surface area contributed by atoms with E-state index < -0.39 is 0 Å². The topological polar surface area (TPSA) is 9.23 Å². The molecule has 0 saturated heterocycles. The van der Waals surface area contributed by atoms with Gasteiger partial charge >= 0.3 is 0 Å². The Labute approximate surface area is 139 Å². The number of rotatable bonds is 9. The Kier molecular flexibility index (Phi) is 8.89. The number of ether oxygens (including phenoxy) is 1. The van der Waals surface area contributed by atoms with Crippen LogP contribution in [0.2, 0.25) is 0 Å². The van der Waals surface area contributed by atoms with Gasteiger partial charge in [-0.3, -0.25) is 0 Å². The first-order chi connectivity index (χ1) is 10.8. The molecule has 0 bridgehead atoms. The molecule has 0 N–H and O–H groups in total. The van der Waals surface area contributed by atoms with Crippen LogP contribution in [-0.2, 0) is 4.74 Å². The minimum absolute atomic E-state index is 0.591. The third-order valence-corrected chi connectivity index (χ3v) is 6.29. The first-order valence-corrected chi connectivity index (χ1v) is 10.4. The second-order valence-corrected chi connectivity index (χ2v) is 8.05. The summed E-state index contributed by atoms with van der Waals surface area (Å²) in [6.45, 7) is 5.61. The van der Waals surface area contributed by atoms with Gasteiger partial charge < -0.3 is 4.74 Å². The van der Waals surface area contributed by atoms with Crippen molar-refractivity contribution >= 4 is 0 Å². The van der Waals surface area contributed by atoms with Gasteiger partial charge in [-0.25, -0.2) is 0 Å². The standard InChI is InChI=1S/C21H40O/c1-3-5-7-16-22-21-11-8-10-20(17-21)19-14-12-18(13-15-19)9-6-4-2/h18-21H,3-17H2,1-2H3. The highest BCUT2D eigenvalue weighted by molar-refractivity contribution is 4.83. The molecule has 1 nitrogen and oxygen atoms in total. The van der Waals surface area contributed by atoms with Crippen LogP contribution < -0.4 is 0 Å². The summed E-state index contributed by atoms with van der Waals surface area (Å²) in [5.74, 6) is 3.07. The third-order valence-electron chi connectivity index (χ3n) is 6.29. The van der Waals surface area contributed by atoms with Gasteiger partial charge in [0.05, 0.1) is 6.10 Å². The molecule has 0 heterocycles. The van der Waals surface area contributed by atoms with E-state index in [0.29, 0.717) is 6.10 Å². The molecular weight excluding hydrogens is 268 g/mol. The Morgan fingerprint density at radius 1 is 0.773 bits per heavy atom. The highest BCUT2D eigenvalue weighted by Crippen LogP contribution is 2.41. The van der Waals surface area contributed by atoms with Crippen molar-refractivity contribution in [3.05, 3.63) is 0 Å². The Balaban J connectivity index is 1.65. The first-order valence-electron chi connectivity index (χ1n) is 10.4. The maximum Gasteiger partial charge on any atom is 0.0577 e. The van der Waals surface area contributed by atoms with Gasteiger partial charge in [0.1, 0.15) is 0 Å². The molecule has 0 aromatic heterocycles. The molecule has 2 saturated carbocycles. The van der Waals surface area contributed by atoms with Crippen LogP contribution in [0.3, 0.4) is 0 Å². The Hall–Kier alpha value is -0.0400. The number of hydrogen-bond donors (Lipinski definition) is 0. The van der Waals surface area contributed by atoms with Gasteiger partial charge in [-0.05, 0) is 56.3 Å². The molecule has 1 heteroatoms. The zero-order valence-corrected chi connectivity index (χ0v) is 15.3. The molecule has 0 radical (unpaired) electrons. The lowest BCUT2D eigenvalue weighted by molar-refractivity contribution is -0.00359. The van der Waals surface area contributed by atoms with Crippen molar-refractivity contribution in [1.29, 1.82) is 0 Å². The monoisotopic (exact) mass is 308 g/mol. The van der Waals surface area contributed by atoms with Gasteiger partial charge in [0.15, 0.2) is 0 Å². The van der Waals surface area contributed by atoms with Crippen molar-refractivity contribution < 1.29 is 4.74 Å². The molecule has 2 aliphatic carbocycles. The summed E-state index contributed by atoms with van der Waals surface area (Å²) in [4.78, 5) is 0. The van der Waals surface area contributed by atoms with Crippen molar-refractivity contribution in [3.8, 4) is 0 Å². The van der Waals surface area contributed by atoms with Gasteiger partial charge in [-0.1, -0.05) is 65.2 Å². The normalized spacial score (nSPS) is 33.0. The fraction of sp³-hybridized carbons (Fsp3) is 1.00. The summed E-state index contributed by atoms with van der Waals surface area (Å²) in [5.41, 5.74) is 0. The van der Waals surface area contributed by atoms with E-state index in [1.165, 1.54) is 89.9 Å². The zero-order valence-electron chi connectivity index (χ0n) is 15.3. The SMILES string of the molecule is CCCCCOC1CCCC(C2CCC(CCCC)CC2)C1. The molecule has 130 valence electrons. The predicted octanol–water partition coefficient (Wildman–Crippen LogP) is 6.75. The fourth-order valence-electron chi connectivity index (χ4n) is 4.80. The van der Waals surface area contributed by atoms with Gasteiger partial charge in [0.25, 0.3) is 0 Å². The molecule has 2 atom stereocenters. The van der Waals surface area contributed by atoms with Gasteiger partial charge in [-0.2, -0.15) is 0 Å². The molecular formula is C21H40O. The lowest BCUT2D eigenvalue weighted by atomic mass is 9.70.